The highest BCUT2D eigenvalue weighted by Crippen LogP contribution is 2.70. The average molecular weight is 132 g/mol. The van der Waals surface area contributed by atoms with Crippen molar-refractivity contribution in [3.63, 3.8) is 0 Å². The second kappa shape index (κ2) is 1.25. The molecule has 0 heteroatoms. The number of hydrogen-bond acceptors (Lipinski definition) is 0. The maximum Gasteiger partial charge on any atom is 0.00106 e. The van der Waals surface area contributed by atoms with Gasteiger partial charge in [-0.15, -0.1) is 0 Å². The molecule has 0 aliphatic heterocycles. The van der Waals surface area contributed by atoms with Gasteiger partial charge >= 0.3 is 0 Å². The summed E-state index contributed by atoms with van der Waals surface area (Å²) in [6.07, 6.45) is 15.2. The highest BCUT2D eigenvalue weighted by molar-refractivity contribution is 5.36. The third-order valence-electron chi connectivity index (χ3n) is 3.86. The first-order chi connectivity index (χ1) is 4.87. The summed E-state index contributed by atoms with van der Waals surface area (Å²) >= 11 is 0. The summed E-state index contributed by atoms with van der Waals surface area (Å²) in [5.74, 6) is 0. The fraction of sp³-hybridized carbons (Fsp3) is 0.600. The first-order valence-electron chi connectivity index (χ1n) is 4.22. The lowest BCUT2D eigenvalue weighted by Crippen LogP contribution is -2.55. The van der Waals surface area contributed by atoms with Crippen molar-refractivity contribution in [1.29, 1.82) is 0 Å². The molecule has 1 saturated carbocycles. The smallest absolute Gasteiger partial charge is 0.00106 e. The lowest BCUT2D eigenvalue weighted by molar-refractivity contribution is -0.0287. The Bertz CT molecular complexity index is 212. The van der Waals surface area contributed by atoms with Crippen LogP contribution in [0.1, 0.15) is 25.7 Å². The van der Waals surface area contributed by atoms with Gasteiger partial charge in [0.2, 0.25) is 0 Å². The van der Waals surface area contributed by atoms with Crippen molar-refractivity contribution in [2.24, 2.45) is 10.8 Å². The van der Waals surface area contributed by atoms with Crippen LogP contribution in [0.2, 0.25) is 0 Å². The van der Waals surface area contributed by atoms with E-state index in [1.165, 1.54) is 25.7 Å². The Hall–Kier alpha value is -0.520. The van der Waals surface area contributed by atoms with Gasteiger partial charge in [0.25, 0.3) is 0 Å². The van der Waals surface area contributed by atoms with Crippen molar-refractivity contribution in [2.45, 2.75) is 25.7 Å². The molecule has 2 atom stereocenters. The van der Waals surface area contributed by atoms with E-state index in [9.17, 15) is 0 Å². The summed E-state index contributed by atoms with van der Waals surface area (Å²) in [6, 6.07) is 0. The van der Waals surface area contributed by atoms with E-state index in [1.54, 1.807) is 0 Å². The zero-order valence-electron chi connectivity index (χ0n) is 6.14. The van der Waals surface area contributed by atoms with E-state index in [-0.39, 0.29) is 0 Å². The molecule has 0 heterocycles. The van der Waals surface area contributed by atoms with E-state index in [4.69, 9.17) is 0 Å². The molecule has 0 aromatic rings. The molecule has 0 spiro atoms. The highest BCUT2D eigenvalue weighted by atomic mass is 14.6. The minimum atomic E-state index is 0.668. The van der Waals surface area contributed by atoms with Crippen molar-refractivity contribution in [3.05, 3.63) is 24.3 Å². The molecule has 0 N–H and O–H groups in total. The predicted octanol–water partition coefficient (Wildman–Crippen LogP) is 2.67. The Balaban J connectivity index is 2.10. The van der Waals surface area contributed by atoms with Gasteiger partial charge in [0.15, 0.2) is 0 Å². The van der Waals surface area contributed by atoms with Gasteiger partial charge in [-0.25, -0.2) is 0 Å². The summed E-state index contributed by atoms with van der Waals surface area (Å²) in [7, 11) is 0. The van der Waals surface area contributed by atoms with Crippen LogP contribution < -0.4 is 0 Å². The van der Waals surface area contributed by atoms with Gasteiger partial charge in [-0.2, -0.15) is 0 Å². The predicted molar refractivity (Wildman–Crippen MR) is 41.6 cm³/mol. The number of allylic oxidation sites excluding steroid dienone is 4. The fourth-order valence-electron chi connectivity index (χ4n) is 2.82. The SMILES string of the molecule is C1=CCC23C=CC2(C1)CC3. The molecular formula is C10H12. The minimum Gasteiger partial charge on any atom is -0.0876 e. The summed E-state index contributed by atoms with van der Waals surface area (Å²) in [5.41, 5.74) is 1.34. The fourth-order valence-corrected chi connectivity index (χ4v) is 2.82. The summed E-state index contributed by atoms with van der Waals surface area (Å²) < 4.78 is 0. The minimum absolute atomic E-state index is 0.668. The Kier molecular flexibility index (Phi) is 0.647. The van der Waals surface area contributed by atoms with E-state index >= 15 is 0 Å². The molecule has 0 aromatic heterocycles. The topological polar surface area (TPSA) is 0 Å². The van der Waals surface area contributed by atoms with Crippen LogP contribution in [0.3, 0.4) is 0 Å². The average Bonchev–Trinajstić information content (AvgIpc) is 1.86. The van der Waals surface area contributed by atoms with E-state index in [0.717, 1.165) is 0 Å². The molecule has 2 unspecified atom stereocenters. The van der Waals surface area contributed by atoms with Crippen LogP contribution in [-0.2, 0) is 0 Å². The summed E-state index contributed by atoms with van der Waals surface area (Å²) in [6.45, 7) is 0. The quantitative estimate of drug-likeness (QED) is 0.444. The molecule has 3 rings (SSSR count). The summed E-state index contributed by atoms with van der Waals surface area (Å²) in [4.78, 5) is 0. The Labute approximate surface area is 61.6 Å². The molecule has 0 amide bonds. The maximum absolute atomic E-state index is 2.44. The van der Waals surface area contributed by atoms with E-state index < -0.39 is 0 Å². The molecular weight excluding hydrogens is 120 g/mol. The summed E-state index contributed by atoms with van der Waals surface area (Å²) in [5, 5.41) is 0. The molecule has 0 radical (unpaired) electrons. The zero-order valence-corrected chi connectivity index (χ0v) is 6.14. The van der Waals surface area contributed by atoms with Crippen LogP contribution in [-0.4, -0.2) is 0 Å². The monoisotopic (exact) mass is 132 g/mol. The first-order valence-corrected chi connectivity index (χ1v) is 4.22. The van der Waals surface area contributed by atoms with E-state index in [1.807, 2.05) is 0 Å². The third kappa shape index (κ3) is 0.317. The second-order valence-corrected chi connectivity index (χ2v) is 4.03. The van der Waals surface area contributed by atoms with Gasteiger partial charge in [0.05, 0.1) is 0 Å². The molecule has 0 aromatic carbocycles. The molecule has 0 bridgehead atoms. The normalized spacial score (nSPS) is 54.4. The van der Waals surface area contributed by atoms with Crippen molar-refractivity contribution in [2.75, 3.05) is 0 Å². The molecule has 3 aliphatic carbocycles. The molecule has 52 valence electrons. The van der Waals surface area contributed by atoms with Crippen LogP contribution in [0.25, 0.3) is 0 Å². The lowest BCUT2D eigenvalue weighted by Gasteiger charge is -2.64. The van der Waals surface area contributed by atoms with Gasteiger partial charge in [0.1, 0.15) is 0 Å². The first kappa shape index (κ1) is 5.17. The van der Waals surface area contributed by atoms with Crippen molar-refractivity contribution >= 4 is 0 Å². The standard InChI is InChI=1S/C10H12/c1-2-4-10-7-5-9(10,3-1)6-8-10/h1-2,5,7H,3-4,6,8H2. The number of rotatable bonds is 0. The van der Waals surface area contributed by atoms with Crippen LogP contribution in [0, 0.1) is 10.8 Å². The van der Waals surface area contributed by atoms with Crippen LogP contribution in [0.4, 0.5) is 0 Å². The second-order valence-electron chi connectivity index (χ2n) is 4.03. The Morgan fingerprint density at radius 3 is 1.50 bits per heavy atom. The van der Waals surface area contributed by atoms with Crippen molar-refractivity contribution < 1.29 is 0 Å². The zero-order chi connectivity index (χ0) is 6.66. The third-order valence-corrected chi connectivity index (χ3v) is 3.86. The van der Waals surface area contributed by atoms with Gasteiger partial charge < -0.3 is 0 Å². The van der Waals surface area contributed by atoms with Crippen molar-refractivity contribution in [1.82, 2.24) is 0 Å². The molecule has 10 heavy (non-hydrogen) atoms. The van der Waals surface area contributed by atoms with Crippen LogP contribution in [0.15, 0.2) is 24.3 Å². The van der Waals surface area contributed by atoms with Crippen molar-refractivity contribution in [3.8, 4) is 0 Å². The molecule has 3 aliphatic rings. The van der Waals surface area contributed by atoms with E-state index in [2.05, 4.69) is 24.3 Å². The van der Waals surface area contributed by atoms with Crippen LogP contribution in [0.5, 0.6) is 0 Å². The van der Waals surface area contributed by atoms with Crippen LogP contribution >= 0.6 is 0 Å². The Morgan fingerprint density at radius 2 is 1.30 bits per heavy atom. The van der Waals surface area contributed by atoms with E-state index in [0.29, 0.717) is 10.8 Å². The number of hydrogen-bond donors (Lipinski definition) is 0. The van der Waals surface area contributed by atoms with Gasteiger partial charge in [-0.3, -0.25) is 0 Å². The Morgan fingerprint density at radius 1 is 0.800 bits per heavy atom. The molecule has 0 nitrogen and oxygen atoms in total. The largest absolute Gasteiger partial charge is 0.0876 e. The highest BCUT2D eigenvalue weighted by Gasteiger charge is 2.60. The van der Waals surface area contributed by atoms with Gasteiger partial charge in [-0.1, -0.05) is 24.3 Å². The lowest BCUT2D eigenvalue weighted by atomic mass is 9.39. The molecule has 0 saturated heterocycles. The molecule has 1 fully saturated rings. The van der Waals surface area contributed by atoms with Gasteiger partial charge in [-0.05, 0) is 25.7 Å². The maximum atomic E-state index is 2.44. The van der Waals surface area contributed by atoms with Gasteiger partial charge in [0, 0.05) is 10.8 Å².